The number of aryl methyl sites for hydroxylation is 1. The van der Waals surface area contributed by atoms with Crippen LogP contribution in [0.5, 0.6) is 0 Å². The van der Waals surface area contributed by atoms with E-state index >= 15 is 0 Å². The summed E-state index contributed by atoms with van der Waals surface area (Å²) in [5.41, 5.74) is 1.27. The molecule has 1 aromatic heterocycles. The van der Waals surface area contributed by atoms with Gasteiger partial charge in [-0.15, -0.1) is 0 Å². The minimum absolute atomic E-state index is 0.0259. The molecule has 3 aliphatic heterocycles. The Kier molecular flexibility index (Phi) is 6.40. The van der Waals surface area contributed by atoms with Crippen LogP contribution in [0.2, 0.25) is 0 Å². The first-order chi connectivity index (χ1) is 14.1. The quantitative estimate of drug-likeness (QED) is 0.759. The fourth-order valence-electron chi connectivity index (χ4n) is 4.51. The van der Waals surface area contributed by atoms with Crippen LogP contribution in [-0.4, -0.2) is 89.0 Å². The lowest BCUT2D eigenvalue weighted by atomic mass is 10.0. The summed E-state index contributed by atoms with van der Waals surface area (Å²) in [5.74, 6) is 0.919. The number of aromatic nitrogens is 2. The standard InChI is InChI=1S/C21H31N5O3/c1-16-17(21(28)25-10-12-29-13-11-25)14-22-20(23-16)18-6-2-3-9-26(18)15-19(27)24-7-4-5-8-24/h14,18H,2-13,15H2,1H3/t18-/m1/s1. The Morgan fingerprint density at radius 2 is 1.76 bits per heavy atom. The predicted molar refractivity (Wildman–Crippen MR) is 107 cm³/mol. The Bertz CT molecular complexity index is 744. The summed E-state index contributed by atoms with van der Waals surface area (Å²) in [6, 6.07) is 0.0431. The van der Waals surface area contributed by atoms with Gasteiger partial charge < -0.3 is 14.5 Å². The maximum absolute atomic E-state index is 12.8. The fraction of sp³-hybridized carbons (Fsp3) is 0.714. The summed E-state index contributed by atoms with van der Waals surface area (Å²) >= 11 is 0. The maximum Gasteiger partial charge on any atom is 0.257 e. The van der Waals surface area contributed by atoms with Gasteiger partial charge in [-0.3, -0.25) is 14.5 Å². The SMILES string of the molecule is Cc1nc([C@H]2CCCCN2CC(=O)N2CCCC2)ncc1C(=O)N1CCOCC1. The van der Waals surface area contributed by atoms with Gasteiger partial charge in [-0.2, -0.15) is 0 Å². The number of likely N-dealkylation sites (tertiary alicyclic amines) is 2. The minimum Gasteiger partial charge on any atom is -0.378 e. The third-order valence-corrected chi connectivity index (χ3v) is 6.24. The Morgan fingerprint density at radius 3 is 2.48 bits per heavy atom. The third-order valence-electron chi connectivity index (χ3n) is 6.24. The highest BCUT2D eigenvalue weighted by molar-refractivity contribution is 5.95. The topological polar surface area (TPSA) is 78.9 Å². The van der Waals surface area contributed by atoms with E-state index in [4.69, 9.17) is 9.72 Å². The van der Waals surface area contributed by atoms with Crippen LogP contribution in [0.3, 0.4) is 0 Å². The van der Waals surface area contributed by atoms with Crippen LogP contribution in [0.15, 0.2) is 6.20 Å². The monoisotopic (exact) mass is 401 g/mol. The van der Waals surface area contributed by atoms with Gasteiger partial charge in [0.25, 0.3) is 5.91 Å². The molecule has 0 aromatic carbocycles. The van der Waals surface area contributed by atoms with Crippen LogP contribution in [0.1, 0.15) is 60.0 Å². The number of amides is 2. The van der Waals surface area contributed by atoms with Gasteiger partial charge in [0.2, 0.25) is 5.91 Å². The van der Waals surface area contributed by atoms with E-state index in [1.54, 1.807) is 11.1 Å². The van der Waals surface area contributed by atoms with Gasteiger partial charge in [0.05, 0.1) is 37.1 Å². The summed E-state index contributed by atoms with van der Waals surface area (Å²) in [5, 5.41) is 0. The highest BCUT2D eigenvalue weighted by atomic mass is 16.5. The summed E-state index contributed by atoms with van der Waals surface area (Å²) in [7, 11) is 0. The van der Waals surface area contributed by atoms with Crippen molar-refractivity contribution in [3.8, 4) is 0 Å². The Balaban J connectivity index is 1.47. The van der Waals surface area contributed by atoms with Gasteiger partial charge in [-0.1, -0.05) is 6.42 Å². The second-order valence-corrected chi connectivity index (χ2v) is 8.20. The number of ether oxygens (including phenoxy) is 1. The molecule has 0 saturated carbocycles. The zero-order valence-electron chi connectivity index (χ0n) is 17.3. The van der Waals surface area contributed by atoms with Gasteiger partial charge in [-0.25, -0.2) is 9.97 Å². The lowest BCUT2D eigenvalue weighted by molar-refractivity contribution is -0.132. The molecule has 1 aromatic rings. The van der Waals surface area contributed by atoms with Gasteiger partial charge in [-0.05, 0) is 39.2 Å². The average Bonchev–Trinajstić information content (AvgIpc) is 3.29. The van der Waals surface area contributed by atoms with Crippen molar-refractivity contribution >= 4 is 11.8 Å². The lowest BCUT2D eigenvalue weighted by Gasteiger charge is -2.35. The second-order valence-electron chi connectivity index (χ2n) is 8.20. The van der Waals surface area contributed by atoms with Crippen LogP contribution in [0.25, 0.3) is 0 Å². The third kappa shape index (κ3) is 4.59. The molecule has 0 aliphatic carbocycles. The number of hydrogen-bond acceptors (Lipinski definition) is 6. The zero-order chi connectivity index (χ0) is 20.2. The molecule has 0 bridgehead atoms. The summed E-state index contributed by atoms with van der Waals surface area (Å²) in [6.07, 6.45) is 7.03. The molecule has 2 amide bonds. The average molecular weight is 402 g/mol. The molecule has 1 atom stereocenters. The number of carbonyl (C=O) groups excluding carboxylic acids is 2. The molecule has 0 N–H and O–H groups in total. The van der Waals surface area contributed by atoms with Crippen LogP contribution >= 0.6 is 0 Å². The summed E-state index contributed by atoms with van der Waals surface area (Å²) in [6.45, 7) is 7.32. The Morgan fingerprint density at radius 1 is 1.03 bits per heavy atom. The van der Waals surface area contributed by atoms with E-state index in [-0.39, 0.29) is 17.9 Å². The predicted octanol–water partition coefficient (Wildman–Crippen LogP) is 1.41. The van der Waals surface area contributed by atoms with E-state index in [1.807, 2.05) is 11.8 Å². The molecule has 4 heterocycles. The molecule has 3 aliphatic rings. The van der Waals surface area contributed by atoms with E-state index in [9.17, 15) is 9.59 Å². The molecule has 3 saturated heterocycles. The van der Waals surface area contributed by atoms with E-state index in [1.165, 1.54) is 0 Å². The van der Waals surface area contributed by atoms with Gasteiger partial charge >= 0.3 is 0 Å². The zero-order valence-corrected chi connectivity index (χ0v) is 17.3. The molecule has 158 valence electrons. The first kappa shape index (κ1) is 20.2. The number of rotatable bonds is 4. The summed E-state index contributed by atoms with van der Waals surface area (Å²) < 4.78 is 5.33. The van der Waals surface area contributed by atoms with E-state index in [2.05, 4.69) is 9.88 Å². The molecule has 0 unspecified atom stereocenters. The van der Waals surface area contributed by atoms with Crippen molar-refractivity contribution in [2.75, 3.05) is 52.5 Å². The molecule has 8 heteroatoms. The van der Waals surface area contributed by atoms with Crippen molar-refractivity contribution in [1.29, 1.82) is 0 Å². The van der Waals surface area contributed by atoms with E-state index in [0.29, 0.717) is 44.1 Å². The molecule has 0 spiro atoms. The summed E-state index contributed by atoms with van der Waals surface area (Å²) in [4.78, 5) is 40.7. The van der Waals surface area contributed by atoms with Crippen LogP contribution < -0.4 is 0 Å². The first-order valence-electron chi connectivity index (χ1n) is 10.9. The number of hydrogen-bond donors (Lipinski definition) is 0. The molecular weight excluding hydrogens is 370 g/mol. The van der Waals surface area contributed by atoms with Crippen LogP contribution in [-0.2, 0) is 9.53 Å². The van der Waals surface area contributed by atoms with Crippen molar-refractivity contribution in [3.63, 3.8) is 0 Å². The highest BCUT2D eigenvalue weighted by Crippen LogP contribution is 2.29. The van der Waals surface area contributed by atoms with Gasteiger partial charge in [0.1, 0.15) is 5.82 Å². The Hall–Kier alpha value is -2.06. The van der Waals surface area contributed by atoms with E-state index < -0.39 is 0 Å². The minimum atomic E-state index is -0.0259. The van der Waals surface area contributed by atoms with Gasteiger partial charge in [0.15, 0.2) is 0 Å². The number of nitrogens with zero attached hydrogens (tertiary/aromatic N) is 5. The fourth-order valence-corrected chi connectivity index (χ4v) is 4.51. The largest absolute Gasteiger partial charge is 0.378 e. The molecule has 4 rings (SSSR count). The van der Waals surface area contributed by atoms with Crippen molar-refractivity contribution < 1.29 is 14.3 Å². The molecule has 3 fully saturated rings. The Labute approximate surface area is 172 Å². The smallest absolute Gasteiger partial charge is 0.257 e. The number of morpholine rings is 1. The molecule has 0 radical (unpaired) electrons. The van der Waals surface area contributed by atoms with Crippen LogP contribution in [0.4, 0.5) is 0 Å². The van der Waals surface area contributed by atoms with Crippen molar-refractivity contribution in [2.45, 2.75) is 45.1 Å². The van der Waals surface area contributed by atoms with Crippen molar-refractivity contribution in [2.24, 2.45) is 0 Å². The van der Waals surface area contributed by atoms with Crippen molar-refractivity contribution in [1.82, 2.24) is 24.7 Å². The highest BCUT2D eigenvalue weighted by Gasteiger charge is 2.31. The molecule has 29 heavy (non-hydrogen) atoms. The lowest BCUT2D eigenvalue weighted by Crippen LogP contribution is -2.43. The number of piperidine rings is 1. The molecular formula is C21H31N5O3. The normalized spacial score (nSPS) is 23.4. The first-order valence-corrected chi connectivity index (χ1v) is 10.9. The molecule has 8 nitrogen and oxygen atoms in total. The second kappa shape index (κ2) is 9.17. The maximum atomic E-state index is 12.8. The van der Waals surface area contributed by atoms with E-state index in [0.717, 1.165) is 57.6 Å². The van der Waals surface area contributed by atoms with Crippen LogP contribution in [0, 0.1) is 6.92 Å². The number of carbonyl (C=O) groups is 2. The van der Waals surface area contributed by atoms with Crippen molar-refractivity contribution in [3.05, 3.63) is 23.3 Å². The van der Waals surface area contributed by atoms with Gasteiger partial charge in [0, 0.05) is 32.4 Å².